The van der Waals surface area contributed by atoms with E-state index in [1.165, 1.54) is 0 Å². The average Bonchev–Trinajstić information content (AvgIpc) is 2.75. The maximum absolute atomic E-state index is 5.96. The zero-order valence-electron chi connectivity index (χ0n) is 9.83. The Morgan fingerprint density at radius 2 is 2.18 bits per heavy atom. The van der Waals surface area contributed by atoms with Gasteiger partial charge in [-0.2, -0.15) is 0 Å². The largest absolute Gasteiger partial charge is 0.497 e. The first kappa shape index (κ1) is 12.3. The monoisotopic (exact) mass is 256 g/mol. The van der Waals surface area contributed by atoms with Crippen LogP contribution in [-0.2, 0) is 4.74 Å². The highest BCUT2D eigenvalue weighted by Crippen LogP contribution is 2.33. The molecular weight excluding hydrogens is 242 g/mol. The molecule has 17 heavy (non-hydrogen) atoms. The van der Waals surface area contributed by atoms with E-state index in [9.17, 15) is 0 Å². The van der Waals surface area contributed by atoms with Gasteiger partial charge in [-0.25, -0.2) is 0 Å². The smallest absolute Gasteiger partial charge is 0.206 e. The Morgan fingerprint density at radius 1 is 1.35 bits per heavy atom. The van der Waals surface area contributed by atoms with Gasteiger partial charge >= 0.3 is 0 Å². The van der Waals surface area contributed by atoms with Gasteiger partial charge in [0.1, 0.15) is 11.5 Å². The van der Waals surface area contributed by atoms with Crippen molar-refractivity contribution >= 4 is 17.3 Å². The SMILES string of the molecule is COc1ccc(OC)c(NC2CCO[C]2Cl)c1. The number of benzene rings is 1. The third-order valence-electron chi connectivity index (χ3n) is 2.66. The molecule has 0 aromatic heterocycles. The molecule has 1 fully saturated rings. The summed E-state index contributed by atoms with van der Waals surface area (Å²) >= 11 is 5.96. The summed E-state index contributed by atoms with van der Waals surface area (Å²) in [6.45, 7) is 0.642. The first-order chi connectivity index (χ1) is 8.24. The zero-order valence-corrected chi connectivity index (χ0v) is 10.6. The Labute approximate surface area is 106 Å². The molecule has 93 valence electrons. The minimum Gasteiger partial charge on any atom is -0.497 e. The zero-order chi connectivity index (χ0) is 12.3. The van der Waals surface area contributed by atoms with Crippen molar-refractivity contribution < 1.29 is 14.2 Å². The van der Waals surface area contributed by atoms with Crippen LogP contribution in [0.2, 0.25) is 0 Å². The third kappa shape index (κ3) is 2.76. The Morgan fingerprint density at radius 3 is 2.76 bits per heavy atom. The summed E-state index contributed by atoms with van der Waals surface area (Å²) in [5.74, 6) is 1.52. The number of anilines is 1. The summed E-state index contributed by atoms with van der Waals surface area (Å²) in [6.07, 6.45) is 0.846. The van der Waals surface area contributed by atoms with Gasteiger partial charge in [0, 0.05) is 6.07 Å². The highest BCUT2D eigenvalue weighted by Gasteiger charge is 2.28. The summed E-state index contributed by atoms with van der Waals surface area (Å²) in [5, 5.41) is 3.29. The second-order valence-electron chi connectivity index (χ2n) is 3.70. The second kappa shape index (κ2) is 5.47. The van der Waals surface area contributed by atoms with Crippen LogP contribution in [-0.4, -0.2) is 26.9 Å². The molecule has 0 saturated carbocycles. The highest BCUT2D eigenvalue weighted by molar-refractivity contribution is 6.26. The van der Waals surface area contributed by atoms with Crippen molar-refractivity contribution in [1.29, 1.82) is 0 Å². The number of methoxy groups -OCH3 is 2. The van der Waals surface area contributed by atoms with E-state index in [4.69, 9.17) is 25.8 Å². The summed E-state index contributed by atoms with van der Waals surface area (Å²) in [6, 6.07) is 5.59. The summed E-state index contributed by atoms with van der Waals surface area (Å²) in [7, 11) is 3.26. The van der Waals surface area contributed by atoms with Crippen LogP contribution in [0, 0.1) is 5.56 Å². The van der Waals surface area contributed by atoms with Crippen molar-refractivity contribution in [2.45, 2.75) is 12.5 Å². The minimum atomic E-state index is 0.0117. The normalized spacial score (nSPS) is 20.3. The van der Waals surface area contributed by atoms with E-state index in [1.807, 2.05) is 18.2 Å². The number of hydrogen-bond acceptors (Lipinski definition) is 4. The molecule has 1 atom stereocenters. The van der Waals surface area contributed by atoms with E-state index in [0.717, 1.165) is 23.6 Å². The summed E-state index contributed by atoms with van der Waals surface area (Å²) in [5.41, 5.74) is 1.34. The van der Waals surface area contributed by atoms with E-state index in [2.05, 4.69) is 5.32 Å². The summed E-state index contributed by atoms with van der Waals surface area (Å²) < 4.78 is 15.7. The number of rotatable bonds is 4. The van der Waals surface area contributed by atoms with Crippen molar-refractivity contribution in [2.75, 3.05) is 26.1 Å². The Hall–Kier alpha value is -1.13. The molecule has 1 aromatic carbocycles. The van der Waals surface area contributed by atoms with Gasteiger partial charge < -0.3 is 19.5 Å². The lowest BCUT2D eigenvalue weighted by Gasteiger charge is -2.18. The number of halogens is 1. The maximum atomic E-state index is 5.96. The fourth-order valence-electron chi connectivity index (χ4n) is 1.73. The van der Waals surface area contributed by atoms with Crippen LogP contribution >= 0.6 is 11.6 Å². The quantitative estimate of drug-likeness (QED) is 0.899. The number of ether oxygens (including phenoxy) is 3. The predicted octanol–water partition coefficient (Wildman–Crippen LogP) is 2.63. The van der Waals surface area contributed by atoms with Gasteiger partial charge in [0.05, 0.1) is 32.6 Å². The van der Waals surface area contributed by atoms with Gasteiger partial charge in [0.2, 0.25) is 5.56 Å². The highest BCUT2D eigenvalue weighted by atomic mass is 35.5. The molecule has 0 amide bonds. The van der Waals surface area contributed by atoms with E-state index >= 15 is 0 Å². The molecule has 1 radical (unpaired) electrons. The first-order valence-electron chi connectivity index (χ1n) is 5.38. The fourth-order valence-corrected chi connectivity index (χ4v) is 1.97. The Kier molecular flexibility index (Phi) is 3.97. The second-order valence-corrected chi connectivity index (χ2v) is 4.08. The van der Waals surface area contributed by atoms with Gasteiger partial charge in [-0.05, 0) is 18.6 Å². The van der Waals surface area contributed by atoms with E-state index in [0.29, 0.717) is 12.2 Å². The lowest BCUT2D eigenvalue weighted by Crippen LogP contribution is -2.20. The van der Waals surface area contributed by atoms with Gasteiger partial charge in [-0.15, -0.1) is 0 Å². The van der Waals surface area contributed by atoms with Crippen LogP contribution in [0.25, 0.3) is 0 Å². The fraction of sp³-hybridized carbons (Fsp3) is 0.417. The van der Waals surface area contributed by atoms with Crippen LogP contribution in [0.1, 0.15) is 6.42 Å². The lowest BCUT2D eigenvalue weighted by atomic mass is 10.2. The van der Waals surface area contributed by atoms with Gasteiger partial charge in [0.25, 0.3) is 0 Å². The van der Waals surface area contributed by atoms with Gasteiger partial charge in [-0.3, -0.25) is 0 Å². The topological polar surface area (TPSA) is 39.7 Å². The molecule has 1 aromatic rings. The molecule has 1 heterocycles. The molecule has 1 saturated heterocycles. The number of hydrogen-bond donors (Lipinski definition) is 1. The molecule has 2 rings (SSSR count). The van der Waals surface area contributed by atoms with Crippen LogP contribution < -0.4 is 14.8 Å². The van der Waals surface area contributed by atoms with Crippen molar-refractivity contribution in [2.24, 2.45) is 0 Å². The van der Waals surface area contributed by atoms with Crippen molar-refractivity contribution in [3.8, 4) is 11.5 Å². The molecular formula is C12H15ClNO3. The molecule has 5 heteroatoms. The molecule has 4 nitrogen and oxygen atoms in total. The molecule has 1 N–H and O–H groups in total. The van der Waals surface area contributed by atoms with Crippen molar-refractivity contribution in [3.63, 3.8) is 0 Å². The standard InChI is InChI=1S/C12H15ClNO3/c1-15-8-3-4-11(16-2)10(7-8)14-9-5-6-17-12(9)13/h3-4,7,9,14H,5-6H2,1-2H3. The van der Waals surface area contributed by atoms with Crippen LogP contribution in [0.4, 0.5) is 5.69 Å². The maximum Gasteiger partial charge on any atom is 0.206 e. The van der Waals surface area contributed by atoms with Crippen molar-refractivity contribution in [1.82, 2.24) is 0 Å². The third-order valence-corrected chi connectivity index (χ3v) is 3.03. The molecule has 0 spiro atoms. The lowest BCUT2D eigenvalue weighted by molar-refractivity contribution is 0.235. The molecule has 1 unspecified atom stereocenters. The molecule has 0 bridgehead atoms. The predicted molar refractivity (Wildman–Crippen MR) is 66.6 cm³/mol. The minimum absolute atomic E-state index is 0.0117. The average molecular weight is 257 g/mol. The van der Waals surface area contributed by atoms with E-state index < -0.39 is 0 Å². The van der Waals surface area contributed by atoms with Crippen molar-refractivity contribution in [3.05, 3.63) is 23.8 Å². The molecule has 1 aliphatic rings. The van der Waals surface area contributed by atoms with Crippen LogP contribution in [0.5, 0.6) is 11.5 Å². The molecule has 1 aliphatic heterocycles. The van der Waals surface area contributed by atoms with Gasteiger partial charge in [0.15, 0.2) is 0 Å². The molecule has 0 aliphatic carbocycles. The Balaban J connectivity index is 2.17. The number of nitrogens with one attached hydrogen (secondary N) is 1. The Bertz CT molecular complexity index is 386. The first-order valence-corrected chi connectivity index (χ1v) is 5.76. The van der Waals surface area contributed by atoms with Crippen LogP contribution in [0.15, 0.2) is 18.2 Å². The van der Waals surface area contributed by atoms with E-state index in [-0.39, 0.29) is 6.04 Å². The van der Waals surface area contributed by atoms with E-state index in [1.54, 1.807) is 14.2 Å². The van der Waals surface area contributed by atoms with Crippen LogP contribution in [0.3, 0.4) is 0 Å². The summed E-state index contributed by atoms with van der Waals surface area (Å²) in [4.78, 5) is 0. The van der Waals surface area contributed by atoms with Gasteiger partial charge in [-0.1, -0.05) is 11.6 Å².